The topological polar surface area (TPSA) is 81.2 Å². The van der Waals surface area contributed by atoms with Gasteiger partial charge in [-0.3, -0.25) is 14.3 Å². The summed E-state index contributed by atoms with van der Waals surface area (Å²) in [5.41, 5.74) is 5.69. The van der Waals surface area contributed by atoms with Crippen LogP contribution >= 0.6 is 0 Å². The van der Waals surface area contributed by atoms with Crippen molar-refractivity contribution < 1.29 is 4.42 Å². The lowest BCUT2D eigenvalue weighted by molar-refractivity contribution is 0.255. The van der Waals surface area contributed by atoms with Gasteiger partial charge in [-0.05, 0) is 86.5 Å². The molecule has 1 N–H and O–H groups in total. The number of fused-ring (bicyclic) bond motifs is 2. The SMILES string of the molecule is Cc1cc2c(=O)n(-c3ccc(N4CCN(CCCc5c[nH]c6ccc(C#N)cc56)CC4)cc3)ccc2o1. The van der Waals surface area contributed by atoms with Crippen LogP contribution in [0.3, 0.4) is 0 Å². The average molecular weight is 492 g/mol. The molecule has 0 radical (unpaired) electrons. The fraction of sp³-hybridized carbons (Fsp3) is 0.267. The summed E-state index contributed by atoms with van der Waals surface area (Å²) in [4.78, 5) is 21.2. The van der Waals surface area contributed by atoms with Crippen molar-refractivity contribution in [3.63, 3.8) is 0 Å². The number of aromatic amines is 1. The van der Waals surface area contributed by atoms with Gasteiger partial charge in [-0.2, -0.15) is 5.26 Å². The summed E-state index contributed by atoms with van der Waals surface area (Å²) in [7, 11) is 0. The van der Waals surface area contributed by atoms with E-state index in [1.54, 1.807) is 16.8 Å². The van der Waals surface area contributed by atoms with Gasteiger partial charge in [-0.15, -0.1) is 0 Å². The van der Waals surface area contributed by atoms with Crippen molar-refractivity contribution in [3.8, 4) is 11.8 Å². The Bertz CT molecular complexity index is 1660. The minimum Gasteiger partial charge on any atom is -0.461 e. The summed E-state index contributed by atoms with van der Waals surface area (Å²) in [6, 6.07) is 20.0. The number of rotatable bonds is 6. The molecule has 37 heavy (non-hydrogen) atoms. The highest BCUT2D eigenvalue weighted by molar-refractivity contribution is 5.84. The van der Waals surface area contributed by atoms with Gasteiger partial charge in [-0.25, -0.2) is 0 Å². The molecule has 0 atom stereocenters. The lowest BCUT2D eigenvalue weighted by Crippen LogP contribution is -2.46. The first-order chi connectivity index (χ1) is 18.1. The number of nitriles is 1. The number of aryl methyl sites for hydroxylation is 2. The number of nitrogens with one attached hydrogen (secondary N) is 1. The number of anilines is 1. The average Bonchev–Trinajstić information content (AvgIpc) is 3.52. The highest BCUT2D eigenvalue weighted by Crippen LogP contribution is 2.23. The molecule has 0 spiro atoms. The van der Waals surface area contributed by atoms with Gasteiger partial charge in [0.1, 0.15) is 11.3 Å². The maximum Gasteiger partial charge on any atom is 0.266 e. The van der Waals surface area contributed by atoms with Gasteiger partial charge in [-0.1, -0.05) is 0 Å². The van der Waals surface area contributed by atoms with Crippen molar-refractivity contribution in [2.45, 2.75) is 19.8 Å². The summed E-state index contributed by atoms with van der Waals surface area (Å²) >= 11 is 0. The number of H-pyrrole nitrogens is 1. The van der Waals surface area contributed by atoms with E-state index in [9.17, 15) is 10.1 Å². The van der Waals surface area contributed by atoms with Crippen molar-refractivity contribution in [1.29, 1.82) is 5.26 Å². The fourth-order valence-electron chi connectivity index (χ4n) is 5.37. The molecule has 186 valence electrons. The van der Waals surface area contributed by atoms with Gasteiger partial charge >= 0.3 is 0 Å². The van der Waals surface area contributed by atoms with E-state index in [0.29, 0.717) is 16.5 Å². The van der Waals surface area contributed by atoms with Crippen LogP contribution in [-0.2, 0) is 6.42 Å². The zero-order chi connectivity index (χ0) is 25.4. The Balaban J connectivity index is 1.04. The number of furan rings is 1. The number of hydrogen-bond donors (Lipinski definition) is 1. The van der Waals surface area contributed by atoms with Crippen LogP contribution < -0.4 is 10.5 Å². The van der Waals surface area contributed by atoms with Crippen LogP contribution in [0, 0.1) is 18.3 Å². The standard InChI is InChI=1S/C30H29N5O2/c1-21-17-27-29(37-21)10-12-35(30(27)36)25-7-5-24(6-8-25)34-15-13-33(14-16-34)11-2-3-23-20-32-28-9-4-22(19-31)18-26(23)28/h4-10,12,17-18,20,32H,2-3,11,13-16H2,1H3. The molecular formula is C30H29N5O2. The van der Waals surface area contributed by atoms with Gasteiger partial charge in [0.05, 0.1) is 17.0 Å². The second-order valence-electron chi connectivity index (χ2n) is 9.76. The van der Waals surface area contributed by atoms with E-state index in [1.807, 2.05) is 43.3 Å². The number of nitrogens with zero attached hydrogens (tertiary/aromatic N) is 4. The lowest BCUT2D eigenvalue weighted by atomic mass is 10.1. The third-order valence-corrected chi connectivity index (χ3v) is 7.39. The molecule has 0 bridgehead atoms. The van der Waals surface area contributed by atoms with Crippen LogP contribution in [0.15, 0.2) is 76.2 Å². The van der Waals surface area contributed by atoms with E-state index < -0.39 is 0 Å². The van der Waals surface area contributed by atoms with Crippen molar-refractivity contribution in [3.05, 3.63) is 94.2 Å². The first-order valence-electron chi connectivity index (χ1n) is 12.8. The Morgan fingerprint density at radius 1 is 0.973 bits per heavy atom. The van der Waals surface area contributed by atoms with Crippen LogP contribution in [0.2, 0.25) is 0 Å². The first-order valence-corrected chi connectivity index (χ1v) is 12.8. The van der Waals surface area contributed by atoms with E-state index in [4.69, 9.17) is 4.42 Å². The van der Waals surface area contributed by atoms with Crippen molar-refractivity contribution in [2.75, 3.05) is 37.6 Å². The molecule has 1 aliphatic rings. The molecule has 0 aliphatic carbocycles. The number of benzene rings is 2. The predicted octanol–water partition coefficient (Wildman–Crippen LogP) is 5.00. The van der Waals surface area contributed by atoms with Crippen LogP contribution in [0.4, 0.5) is 5.69 Å². The molecule has 2 aromatic carbocycles. The second kappa shape index (κ2) is 9.64. The molecule has 7 heteroatoms. The van der Waals surface area contributed by atoms with E-state index in [1.165, 1.54) is 11.3 Å². The van der Waals surface area contributed by atoms with Gasteiger partial charge in [0.15, 0.2) is 0 Å². The third kappa shape index (κ3) is 4.52. The minimum absolute atomic E-state index is 0.0612. The minimum atomic E-state index is -0.0612. The van der Waals surface area contributed by atoms with Gasteiger partial charge in [0.25, 0.3) is 5.56 Å². The summed E-state index contributed by atoms with van der Waals surface area (Å²) in [5, 5.41) is 11.0. The maximum absolute atomic E-state index is 12.9. The third-order valence-electron chi connectivity index (χ3n) is 7.39. The maximum atomic E-state index is 12.9. The zero-order valence-electron chi connectivity index (χ0n) is 20.9. The largest absolute Gasteiger partial charge is 0.461 e. The van der Waals surface area contributed by atoms with Gasteiger partial charge < -0.3 is 14.3 Å². The number of hydrogen-bond acceptors (Lipinski definition) is 5. The Morgan fingerprint density at radius 2 is 1.76 bits per heavy atom. The van der Waals surface area contributed by atoms with Crippen molar-refractivity contribution >= 4 is 27.6 Å². The van der Waals surface area contributed by atoms with Gasteiger partial charge in [0, 0.05) is 60.9 Å². The molecule has 7 nitrogen and oxygen atoms in total. The molecular weight excluding hydrogens is 462 g/mol. The Hall–Kier alpha value is -4.28. The fourth-order valence-corrected chi connectivity index (χ4v) is 5.37. The predicted molar refractivity (Wildman–Crippen MR) is 147 cm³/mol. The summed E-state index contributed by atoms with van der Waals surface area (Å²) in [5.74, 6) is 0.742. The lowest BCUT2D eigenvalue weighted by Gasteiger charge is -2.36. The van der Waals surface area contributed by atoms with Crippen LogP contribution in [0.5, 0.6) is 0 Å². The summed E-state index contributed by atoms with van der Waals surface area (Å²) in [6.45, 7) is 6.95. The summed E-state index contributed by atoms with van der Waals surface area (Å²) < 4.78 is 7.25. The first kappa shape index (κ1) is 23.1. The molecule has 1 fully saturated rings. The smallest absolute Gasteiger partial charge is 0.266 e. The molecule has 3 aromatic heterocycles. The number of pyridine rings is 1. The molecule has 0 unspecified atom stereocenters. The molecule has 4 heterocycles. The van der Waals surface area contributed by atoms with Crippen LogP contribution in [0.25, 0.3) is 27.6 Å². The number of piperazine rings is 1. The molecule has 0 amide bonds. The molecule has 6 rings (SSSR count). The highest BCUT2D eigenvalue weighted by Gasteiger charge is 2.17. The van der Waals surface area contributed by atoms with Gasteiger partial charge in [0.2, 0.25) is 0 Å². The molecule has 1 saturated heterocycles. The Labute approximate surface area is 215 Å². The van der Waals surface area contributed by atoms with Crippen molar-refractivity contribution in [1.82, 2.24) is 14.5 Å². The molecule has 5 aromatic rings. The quantitative estimate of drug-likeness (QED) is 0.362. The number of aromatic nitrogens is 2. The van der Waals surface area contributed by atoms with Crippen molar-refractivity contribution in [2.24, 2.45) is 0 Å². The Kier molecular flexibility index (Phi) is 6.03. The Morgan fingerprint density at radius 3 is 2.54 bits per heavy atom. The summed E-state index contributed by atoms with van der Waals surface area (Å²) in [6.07, 6.45) is 5.95. The van der Waals surface area contributed by atoms with Crippen LogP contribution in [0.1, 0.15) is 23.3 Å². The monoisotopic (exact) mass is 491 g/mol. The van der Waals surface area contributed by atoms with E-state index in [2.05, 4.69) is 39.2 Å². The van der Waals surface area contributed by atoms with E-state index in [0.717, 1.165) is 67.9 Å². The highest BCUT2D eigenvalue weighted by atomic mass is 16.3. The normalized spacial score (nSPS) is 14.4. The molecule has 0 saturated carbocycles. The van der Waals surface area contributed by atoms with E-state index in [-0.39, 0.29) is 5.56 Å². The van der Waals surface area contributed by atoms with Crippen LogP contribution in [-0.4, -0.2) is 47.2 Å². The van der Waals surface area contributed by atoms with E-state index >= 15 is 0 Å². The molecule has 1 aliphatic heterocycles. The second-order valence-corrected chi connectivity index (χ2v) is 9.76. The zero-order valence-corrected chi connectivity index (χ0v) is 20.9.